The number of ketones is 1. The Kier molecular flexibility index (Phi) is 12.1. The standard InChI is InChI=1S/C28H40O6/c1-30-24-17-16-22(20-25(24)31-2)23(29)15-13-11-9-7-6-8-10-12-14-21-18-26(32-3)28(34-5)27(19-21)33-4/h16-20H,6-15H2,1-5H3. The van der Waals surface area contributed by atoms with Crippen molar-refractivity contribution in [1.29, 1.82) is 0 Å². The van der Waals surface area contributed by atoms with Crippen LogP contribution in [0.4, 0.5) is 0 Å². The monoisotopic (exact) mass is 472 g/mol. The van der Waals surface area contributed by atoms with Crippen molar-refractivity contribution >= 4 is 5.78 Å². The van der Waals surface area contributed by atoms with Gasteiger partial charge in [-0.1, -0.05) is 38.5 Å². The lowest BCUT2D eigenvalue weighted by atomic mass is 10.0. The van der Waals surface area contributed by atoms with Crippen molar-refractivity contribution in [2.45, 2.75) is 64.2 Å². The Hall–Kier alpha value is -2.89. The third-order valence-electron chi connectivity index (χ3n) is 6.05. The highest BCUT2D eigenvalue weighted by Gasteiger charge is 2.13. The average Bonchev–Trinajstić information content (AvgIpc) is 2.88. The topological polar surface area (TPSA) is 63.2 Å². The van der Waals surface area contributed by atoms with Crippen LogP contribution in [0.15, 0.2) is 30.3 Å². The number of carbonyl (C=O) groups is 1. The summed E-state index contributed by atoms with van der Waals surface area (Å²) in [6.07, 6.45) is 10.8. The van der Waals surface area contributed by atoms with Crippen LogP contribution in [0, 0.1) is 0 Å². The molecule has 2 rings (SSSR count). The van der Waals surface area contributed by atoms with Crippen molar-refractivity contribution in [2.75, 3.05) is 35.5 Å². The van der Waals surface area contributed by atoms with E-state index in [4.69, 9.17) is 23.7 Å². The van der Waals surface area contributed by atoms with Crippen molar-refractivity contribution in [3.63, 3.8) is 0 Å². The van der Waals surface area contributed by atoms with Gasteiger partial charge in [0.25, 0.3) is 0 Å². The SMILES string of the molecule is COc1ccc(C(=O)CCCCCCCCCCc2cc(OC)c(OC)c(OC)c2)cc1OC. The van der Waals surface area contributed by atoms with E-state index in [0.29, 0.717) is 40.7 Å². The molecule has 6 nitrogen and oxygen atoms in total. The summed E-state index contributed by atoms with van der Waals surface area (Å²) in [6.45, 7) is 0. The van der Waals surface area contributed by atoms with E-state index in [2.05, 4.69) is 0 Å². The maximum Gasteiger partial charge on any atom is 0.203 e. The molecule has 2 aromatic rings. The van der Waals surface area contributed by atoms with E-state index in [0.717, 1.165) is 25.7 Å². The molecule has 34 heavy (non-hydrogen) atoms. The zero-order valence-electron chi connectivity index (χ0n) is 21.4. The van der Waals surface area contributed by atoms with Crippen molar-refractivity contribution in [1.82, 2.24) is 0 Å². The van der Waals surface area contributed by atoms with Crippen LogP contribution >= 0.6 is 0 Å². The van der Waals surface area contributed by atoms with Crippen LogP contribution in [0.3, 0.4) is 0 Å². The fourth-order valence-electron chi connectivity index (χ4n) is 4.11. The van der Waals surface area contributed by atoms with Crippen molar-refractivity contribution in [3.05, 3.63) is 41.5 Å². The molecule has 0 saturated heterocycles. The minimum atomic E-state index is 0.160. The van der Waals surface area contributed by atoms with Crippen LogP contribution in [-0.4, -0.2) is 41.3 Å². The third kappa shape index (κ3) is 8.15. The predicted molar refractivity (Wildman–Crippen MR) is 135 cm³/mol. The van der Waals surface area contributed by atoms with Gasteiger partial charge < -0.3 is 23.7 Å². The molecule has 2 aromatic carbocycles. The van der Waals surface area contributed by atoms with Crippen LogP contribution < -0.4 is 23.7 Å². The fourth-order valence-corrected chi connectivity index (χ4v) is 4.11. The highest BCUT2D eigenvalue weighted by atomic mass is 16.5. The van der Waals surface area contributed by atoms with Crippen LogP contribution in [-0.2, 0) is 6.42 Å². The summed E-state index contributed by atoms with van der Waals surface area (Å²) in [5, 5.41) is 0. The number of aryl methyl sites for hydroxylation is 1. The molecule has 0 spiro atoms. The Labute approximate surface area is 204 Å². The number of hydrogen-bond donors (Lipinski definition) is 0. The number of benzene rings is 2. The molecule has 0 unspecified atom stereocenters. The smallest absolute Gasteiger partial charge is 0.203 e. The molecule has 188 valence electrons. The molecule has 0 aliphatic carbocycles. The lowest BCUT2D eigenvalue weighted by molar-refractivity contribution is 0.0978. The van der Waals surface area contributed by atoms with E-state index in [1.165, 1.54) is 37.7 Å². The first kappa shape index (κ1) is 27.4. The number of Topliss-reactive ketones (excluding diaryl/α,β-unsaturated/α-hetero) is 1. The number of carbonyl (C=O) groups excluding carboxylic acids is 1. The lowest BCUT2D eigenvalue weighted by Crippen LogP contribution is -2.00. The number of rotatable bonds is 17. The second-order valence-corrected chi connectivity index (χ2v) is 8.35. The van der Waals surface area contributed by atoms with E-state index >= 15 is 0 Å². The normalized spacial score (nSPS) is 10.6. The van der Waals surface area contributed by atoms with Crippen LogP contribution in [0.2, 0.25) is 0 Å². The first-order chi connectivity index (χ1) is 16.6. The summed E-state index contributed by atoms with van der Waals surface area (Å²) in [6, 6.07) is 9.42. The molecule has 0 bridgehead atoms. The molecule has 0 radical (unpaired) electrons. The van der Waals surface area contributed by atoms with Gasteiger partial charge in [0, 0.05) is 12.0 Å². The molecule has 0 aliphatic heterocycles. The highest BCUT2D eigenvalue weighted by molar-refractivity contribution is 5.96. The summed E-state index contributed by atoms with van der Waals surface area (Å²) < 4.78 is 26.8. The molecular weight excluding hydrogens is 432 g/mol. The van der Waals surface area contributed by atoms with Gasteiger partial charge >= 0.3 is 0 Å². The van der Waals surface area contributed by atoms with Crippen LogP contribution in [0.1, 0.15) is 73.7 Å². The van der Waals surface area contributed by atoms with Gasteiger partial charge in [0.15, 0.2) is 28.8 Å². The maximum absolute atomic E-state index is 12.4. The number of unbranched alkanes of at least 4 members (excludes halogenated alkanes) is 7. The molecule has 0 heterocycles. The summed E-state index contributed by atoms with van der Waals surface area (Å²) >= 11 is 0. The van der Waals surface area contributed by atoms with Crippen LogP contribution in [0.5, 0.6) is 28.7 Å². The molecule has 0 aliphatic rings. The minimum absolute atomic E-state index is 0.160. The molecule has 0 N–H and O–H groups in total. The Morgan fingerprint density at radius 3 is 1.65 bits per heavy atom. The van der Waals surface area contributed by atoms with Gasteiger partial charge in [0.2, 0.25) is 5.75 Å². The van der Waals surface area contributed by atoms with Crippen molar-refractivity contribution in [2.24, 2.45) is 0 Å². The zero-order valence-corrected chi connectivity index (χ0v) is 21.4. The van der Waals surface area contributed by atoms with Gasteiger partial charge in [-0.05, 0) is 55.2 Å². The molecule has 0 amide bonds. The second kappa shape index (κ2) is 15.1. The molecule has 0 aromatic heterocycles. The summed E-state index contributed by atoms with van der Waals surface area (Å²) in [7, 11) is 8.09. The minimum Gasteiger partial charge on any atom is -0.493 e. The second-order valence-electron chi connectivity index (χ2n) is 8.35. The van der Waals surface area contributed by atoms with E-state index < -0.39 is 0 Å². The molecule has 0 fully saturated rings. The fraction of sp³-hybridized carbons (Fsp3) is 0.536. The first-order valence-corrected chi connectivity index (χ1v) is 12.1. The number of ether oxygens (including phenoxy) is 5. The predicted octanol–water partition coefficient (Wildman–Crippen LogP) is 6.67. The average molecular weight is 473 g/mol. The Balaban J connectivity index is 1.58. The van der Waals surface area contributed by atoms with Gasteiger partial charge in [-0.2, -0.15) is 0 Å². The van der Waals surface area contributed by atoms with Gasteiger partial charge in [-0.3, -0.25) is 4.79 Å². The van der Waals surface area contributed by atoms with E-state index in [9.17, 15) is 4.79 Å². The quantitative estimate of drug-likeness (QED) is 0.189. The Morgan fingerprint density at radius 1 is 0.588 bits per heavy atom. The van der Waals surface area contributed by atoms with E-state index in [-0.39, 0.29) is 5.78 Å². The molecule has 0 atom stereocenters. The summed E-state index contributed by atoms with van der Waals surface area (Å²) in [5.74, 6) is 3.45. The Morgan fingerprint density at radius 2 is 1.12 bits per heavy atom. The first-order valence-electron chi connectivity index (χ1n) is 12.1. The number of hydrogen-bond acceptors (Lipinski definition) is 6. The van der Waals surface area contributed by atoms with Gasteiger partial charge in [0.1, 0.15) is 0 Å². The summed E-state index contributed by atoms with van der Waals surface area (Å²) in [5.41, 5.74) is 1.89. The van der Waals surface area contributed by atoms with Gasteiger partial charge in [-0.25, -0.2) is 0 Å². The van der Waals surface area contributed by atoms with Crippen molar-refractivity contribution in [3.8, 4) is 28.7 Å². The van der Waals surface area contributed by atoms with Crippen LogP contribution in [0.25, 0.3) is 0 Å². The molecular formula is C28H40O6. The van der Waals surface area contributed by atoms with E-state index in [1.807, 2.05) is 18.2 Å². The lowest BCUT2D eigenvalue weighted by Gasteiger charge is -2.14. The Bertz CT molecular complexity index is 867. The summed E-state index contributed by atoms with van der Waals surface area (Å²) in [4.78, 5) is 12.4. The zero-order chi connectivity index (χ0) is 24.8. The third-order valence-corrected chi connectivity index (χ3v) is 6.05. The number of methoxy groups -OCH3 is 5. The maximum atomic E-state index is 12.4. The largest absolute Gasteiger partial charge is 0.493 e. The van der Waals surface area contributed by atoms with Crippen molar-refractivity contribution < 1.29 is 28.5 Å². The van der Waals surface area contributed by atoms with Gasteiger partial charge in [-0.15, -0.1) is 0 Å². The van der Waals surface area contributed by atoms with E-state index in [1.54, 1.807) is 47.7 Å². The van der Waals surface area contributed by atoms with Gasteiger partial charge in [0.05, 0.1) is 35.5 Å². The molecule has 0 saturated carbocycles. The molecule has 6 heteroatoms. The highest BCUT2D eigenvalue weighted by Crippen LogP contribution is 2.38.